The maximum atomic E-state index is 11.9. The lowest BCUT2D eigenvalue weighted by atomic mass is 9.46. The Kier molecular flexibility index (Phi) is 4.70. The summed E-state index contributed by atoms with van der Waals surface area (Å²) < 4.78 is 0. The fraction of sp³-hybridized carbons (Fsp3) is 0.650. The zero-order chi connectivity index (χ0) is 16.5. The number of carboxylic acids is 1. The van der Waals surface area contributed by atoms with Gasteiger partial charge < -0.3 is 5.11 Å². The summed E-state index contributed by atoms with van der Waals surface area (Å²) in [7, 11) is 0. The Morgan fingerprint density at radius 2 is 2.09 bits per heavy atom. The number of hydrogen-bond donors (Lipinski definition) is 1. The van der Waals surface area contributed by atoms with E-state index in [1.165, 1.54) is 11.1 Å². The molecule has 0 bridgehead atoms. The van der Waals surface area contributed by atoms with Gasteiger partial charge in [-0.25, -0.2) is 0 Å². The molecule has 0 heterocycles. The smallest absolute Gasteiger partial charge is 0.309 e. The van der Waals surface area contributed by atoms with Crippen LogP contribution in [0, 0.1) is 22.7 Å². The van der Waals surface area contributed by atoms with E-state index >= 15 is 0 Å². The largest absolute Gasteiger partial charge is 0.481 e. The zero-order valence-electron chi connectivity index (χ0n) is 14.3. The van der Waals surface area contributed by atoms with Gasteiger partial charge in [-0.1, -0.05) is 49.8 Å². The first-order valence-electron chi connectivity index (χ1n) is 8.46. The van der Waals surface area contributed by atoms with Crippen molar-refractivity contribution >= 4 is 5.97 Å². The monoisotopic (exact) mass is 302 g/mol. The molecule has 2 aliphatic carbocycles. The fourth-order valence-electron chi connectivity index (χ4n) is 5.03. The summed E-state index contributed by atoms with van der Waals surface area (Å²) >= 11 is 0. The molecule has 0 radical (unpaired) electrons. The van der Waals surface area contributed by atoms with Crippen LogP contribution in [0.25, 0.3) is 0 Å². The van der Waals surface area contributed by atoms with Crippen molar-refractivity contribution in [2.24, 2.45) is 22.7 Å². The summed E-state index contributed by atoms with van der Waals surface area (Å²) in [5.74, 6) is 0.0202. The van der Waals surface area contributed by atoms with Gasteiger partial charge in [-0.05, 0) is 63.2 Å². The van der Waals surface area contributed by atoms with Crippen molar-refractivity contribution in [3.05, 3.63) is 36.5 Å². The molecule has 2 rings (SSSR count). The van der Waals surface area contributed by atoms with Crippen molar-refractivity contribution in [2.45, 2.75) is 59.3 Å². The molecule has 0 aromatic carbocycles. The normalized spacial score (nSPS) is 39.2. The Hall–Kier alpha value is -1.31. The third-order valence-electron chi connectivity index (χ3n) is 6.51. The van der Waals surface area contributed by atoms with Crippen LogP contribution in [0.2, 0.25) is 0 Å². The minimum Gasteiger partial charge on any atom is -0.481 e. The van der Waals surface area contributed by atoms with Gasteiger partial charge in [0.2, 0.25) is 0 Å². The predicted molar refractivity (Wildman–Crippen MR) is 91.6 cm³/mol. The number of hydrogen-bond acceptors (Lipinski definition) is 1. The van der Waals surface area contributed by atoms with Gasteiger partial charge in [0, 0.05) is 0 Å². The minimum atomic E-state index is -0.618. The highest BCUT2D eigenvalue weighted by atomic mass is 16.4. The molecular formula is C20H30O2. The lowest BCUT2D eigenvalue weighted by molar-refractivity contribution is -0.164. The van der Waals surface area contributed by atoms with E-state index < -0.39 is 11.4 Å². The summed E-state index contributed by atoms with van der Waals surface area (Å²) in [6, 6.07) is 0. The second-order valence-corrected chi connectivity index (χ2v) is 7.77. The molecule has 0 aliphatic heterocycles. The van der Waals surface area contributed by atoms with Crippen LogP contribution < -0.4 is 0 Å². The lowest BCUT2D eigenvalue weighted by Crippen LogP contribution is -2.53. The number of aliphatic carboxylic acids is 1. The third kappa shape index (κ3) is 2.68. The Morgan fingerprint density at radius 1 is 1.41 bits per heavy atom. The summed E-state index contributed by atoms with van der Waals surface area (Å²) in [5.41, 5.74) is 1.97. The number of allylic oxidation sites excluding steroid dienone is 4. The van der Waals surface area contributed by atoms with Gasteiger partial charge >= 0.3 is 5.97 Å². The third-order valence-corrected chi connectivity index (χ3v) is 6.51. The number of carbonyl (C=O) groups is 1. The van der Waals surface area contributed by atoms with E-state index in [1.807, 2.05) is 13.0 Å². The SMILES string of the molecule is C=CC(C)=CCC1C(=C)CC[C@H]2[C@@](C)(C(=O)O)CCC[C@]12C. The van der Waals surface area contributed by atoms with E-state index in [0.29, 0.717) is 5.92 Å². The molecule has 1 N–H and O–H groups in total. The average Bonchev–Trinajstić information content (AvgIpc) is 2.45. The van der Waals surface area contributed by atoms with Crippen LogP contribution in [-0.4, -0.2) is 11.1 Å². The maximum absolute atomic E-state index is 11.9. The molecule has 0 aromatic heterocycles. The number of fused-ring (bicyclic) bond motifs is 1. The summed E-state index contributed by atoms with van der Waals surface area (Å²) in [6.45, 7) is 14.5. The van der Waals surface area contributed by atoms with Crippen molar-refractivity contribution in [3.8, 4) is 0 Å². The van der Waals surface area contributed by atoms with Gasteiger partial charge in [0.1, 0.15) is 0 Å². The van der Waals surface area contributed by atoms with Gasteiger partial charge in [-0.3, -0.25) is 4.79 Å². The molecular weight excluding hydrogens is 272 g/mol. The van der Waals surface area contributed by atoms with Crippen LogP contribution in [-0.2, 0) is 4.79 Å². The van der Waals surface area contributed by atoms with E-state index in [0.717, 1.165) is 38.5 Å². The van der Waals surface area contributed by atoms with Crippen LogP contribution in [0.5, 0.6) is 0 Å². The molecule has 0 saturated heterocycles. The lowest BCUT2D eigenvalue weighted by Gasteiger charge is -2.57. The van der Waals surface area contributed by atoms with Crippen molar-refractivity contribution in [3.63, 3.8) is 0 Å². The Morgan fingerprint density at radius 3 is 2.68 bits per heavy atom. The van der Waals surface area contributed by atoms with E-state index in [-0.39, 0.29) is 11.3 Å². The standard InChI is InChI=1S/C20H30O2/c1-6-14(2)8-10-16-15(3)9-11-17-19(16,4)12-7-13-20(17,5)18(21)22/h6,8,16-17H,1,3,7,9-13H2,2,4-5H3,(H,21,22)/t16?,17-,19-,20+/m1/s1. The maximum Gasteiger partial charge on any atom is 0.309 e. The molecule has 2 aliphatic rings. The van der Waals surface area contributed by atoms with Crippen molar-refractivity contribution in [1.29, 1.82) is 0 Å². The quantitative estimate of drug-likeness (QED) is 0.559. The molecule has 2 saturated carbocycles. The first-order chi connectivity index (χ1) is 10.3. The first-order valence-corrected chi connectivity index (χ1v) is 8.46. The Balaban J connectivity index is 2.36. The Bertz CT molecular complexity index is 516. The highest BCUT2D eigenvalue weighted by Crippen LogP contribution is 2.61. The molecule has 122 valence electrons. The van der Waals surface area contributed by atoms with Crippen molar-refractivity contribution in [2.75, 3.05) is 0 Å². The second kappa shape index (κ2) is 6.06. The zero-order valence-corrected chi connectivity index (χ0v) is 14.3. The minimum absolute atomic E-state index is 0.0542. The van der Waals surface area contributed by atoms with Crippen molar-refractivity contribution < 1.29 is 9.90 Å². The highest BCUT2D eigenvalue weighted by molar-refractivity contribution is 5.75. The molecule has 2 heteroatoms. The predicted octanol–water partition coefficient (Wildman–Crippen LogP) is 5.37. The highest BCUT2D eigenvalue weighted by Gasteiger charge is 2.57. The van der Waals surface area contributed by atoms with Crippen LogP contribution in [0.15, 0.2) is 36.5 Å². The van der Waals surface area contributed by atoms with E-state index in [2.05, 4.69) is 33.1 Å². The summed E-state index contributed by atoms with van der Waals surface area (Å²) in [4.78, 5) is 11.9. The topological polar surface area (TPSA) is 37.3 Å². The second-order valence-electron chi connectivity index (χ2n) is 7.77. The molecule has 0 aromatic rings. The van der Waals surface area contributed by atoms with E-state index in [1.54, 1.807) is 0 Å². The van der Waals surface area contributed by atoms with Crippen molar-refractivity contribution in [1.82, 2.24) is 0 Å². The average molecular weight is 302 g/mol. The van der Waals surface area contributed by atoms with Gasteiger partial charge in [0.05, 0.1) is 5.41 Å². The Labute approximate surface area is 135 Å². The van der Waals surface area contributed by atoms with Crippen LogP contribution in [0.3, 0.4) is 0 Å². The van der Waals surface area contributed by atoms with Gasteiger partial charge in [-0.15, -0.1) is 0 Å². The van der Waals surface area contributed by atoms with Crippen LogP contribution >= 0.6 is 0 Å². The van der Waals surface area contributed by atoms with Crippen LogP contribution in [0.4, 0.5) is 0 Å². The molecule has 1 unspecified atom stereocenters. The number of carboxylic acid groups (broad SMARTS) is 1. The summed E-state index contributed by atoms with van der Waals surface area (Å²) in [6.07, 6.45) is 9.95. The molecule has 2 fully saturated rings. The van der Waals surface area contributed by atoms with Gasteiger partial charge in [0.15, 0.2) is 0 Å². The van der Waals surface area contributed by atoms with E-state index in [4.69, 9.17) is 0 Å². The fourth-order valence-corrected chi connectivity index (χ4v) is 5.03. The molecule has 0 spiro atoms. The summed E-state index contributed by atoms with van der Waals surface area (Å²) in [5, 5.41) is 9.81. The van der Waals surface area contributed by atoms with Gasteiger partial charge in [-0.2, -0.15) is 0 Å². The molecule has 2 nitrogen and oxygen atoms in total. The molecule has 22 heavy (non-hydrogen) atoms. The number of rotatable bonds is 4. The van der Waals surface area contributed by atoms with Crippen LogP contribution in [0.1, 0.15) is 59.3 Å². The van der Waals surface area contributed by atoms with E-state index in [9.17, 15) is 9.90 Å². The first kappa shape index (κ1) is 17.1. The molecule has 4 atom stereocenters. The van der Waals surface area contributed by atoms with Gasteiger partial charge in [0.25, 0.3) is 0 Å². The molecule has 0 amide bonds.